The molecule has 3 rings (SSSR count). The van der Waals surface area contributed by atoms with E-state index in [1.807, 2.05) is 0 Å². The van der Waals surface area contributed by atoms with Gasteiger partial charge in [0.15, 0.2) is 5.13 Å². The van der Waals surface area contributed by atoms with E-state index in [0.717, 1.165) is 27.8 Å². The number of carbonyl (C=O) groups is 1. The Kier molecular flexibility index (Phi) is 3.22. The number of hydrogen-bond donors (Lipinski definition) is 2. The van der Waals surface area contributed by atoms with Crippen LogP contribution in [0.4, 0.5) is 10.8 Å². The minimum Gasteiger partial charge on any atom is -0.481 e. The van der Waals surface area contributed by atoms with E-state index in [-0.39, 0.29) is 0 Å². The molecule has 2 N–H and O–H groups in total. The number of fused-ring (bicyclic) bond motifs is 1. The number of nitrogens with zero attached hydrogens (tertiary/aromatic N) is 1. The number of rotatable bonds is 3. The third kappa shape index (κ3) is 2.41. The van der Waals surface area contributed by atoms with Crippen LogP contribution in [0, 0.1) is 13.8 Å². The van der Waals surface area contributed by atoms with Crippen LogP contribution in [0.15, 0.2) is 18.2 Å². The van der Waals surface area contributed by atoms with Crippen LogP contribution in [-0.2, 0) is 11.2 Å². The lowest BCUT2D eigenvalue weighted by molar-refractivity contribution is -0.138. The standard InChI is InChI=1S/C15H16N2O2S/c1-8-5-9(2)7-10(6-8)16-15-17-13-11(14(18)19)3-4-12(13)20-15/h5-7,11H,3-4H2,1-2H3,(H,16,17)(H,18,19). The summed E-state index contributed by atoms with van der Waals surface area (Å²) in [5.74, 6) is -1.21. The van der Waals surface area contributed by atoms with Crippen LogP contribution < -0.4 is 5.32 Å². The van der Waals surface area contributed by atoms with Crippen molar-refractivity contribution in [2.75, 3.05) is 5.32 Å². The first-order valence-electron chi connectivity index (χ1n) is 6.60. The van der Waals surface area contributed by atoms with Gasteiger partial charge in [0.05, 0.1) is 5.69 Å². The van der Waals surface area contributed by atoms with Crippen molar-refractivity contribution in [3.05, 3.63) is 39.9 Å². The molecule has 1 atom stereocenters. The Bertz CT molecular complexity index is 658. The monoisotopic (exact) mass is 288 g/mol. The number of aromatic nitrogens is 1. The number of nitrogens with one attached hydrogen (secondary N) is 1. The Balaban J connectivity index is 1.86. The minimum atomic E-state index is -0.771. The summed E-state index contributed by atoms with van der Waals surface area (Å²) in [5.41, 5.74) is 4.14. The van der Waals surface area contributed by atoms with E-state index in [2.05, 4.69) is 42.3 Å². The number of carboxylic acids is 1. The highest BCUT2D eigenvalue weighted by Gasteiger charge is 2.32. The van der Waals surface area contributed by atoms with Gasteiger partial charge in [0.2, 0.25) is 0 Å². The zero-order valence-electron chi connectivity index (χ0n) is 11.4. The van der Waals surface area contributed by atoms with Crippen molar-refractivity contribution >= 4 is 28.1 Å². The van der Waals surface area contributed by atoms with Crippen molar-refractivity contribution in [2.45, 2.75) is 32.6 Å². The quantitative estimate of drug-likeness (QED) is 0.905. The molecule has 20 heavy (non-hydrogen) atoms. The molecule has 1 aliphatic carbocycles. The van der Waals surface area contributed by atoms with Gasteiger partial charge in [0, 0.05) is 10.6 Å². The summed E-state index contributed by atoms with van der Waals surface area (Å²) in [6, 6.07) is 6.25. The SMILES string of the molecule is Cc1cc(C)cc(Nc2nc3c(s2)CCC3C(=O)O)c1. The van der Waals surface area contributed by atoms with Crippen LogP contribution in [0.3, 0.4) is 0 Å². The molecule has 4 nitrogen and oxygen atoms in total. The molecule has 0 saturated heterocycles. The predicted molar refractivity (Wildman–Crippen MR) is 80.0 cm³/mol. The van der Waals surface area contributed by atoms with Crippen molar-refractivity contribution in [3.63, 3.8) is 0 Å². The van der Waals surface area contributed by atoms with Gasteiger partial charge >= 0.3 is 5.97 Å². The van der Waals surface area contributed by atoms with E-state index in [9.17, 15) is 9.90 Å². The maximum Gasteiger partial charge on any atom is 0.312 e. The Morgan fingerprint density at radius 2 is 2.05 bits per heavy atom. The van der Waals surface area contributed by atoms with Crippen molar-refractivity contribution in [3.8, 4) is 0 Å². The lowest BCUT2D eigenvalue weighted by Crippen LogP contribution is -2.08. The number of anilines is 2. The lowest BCUT2D eigenvalue weighted by atomic mass is 10.1. The molecule has 2 aromatic rings. The third-order valence-electron chi connectivity index (χ3n) is 3.49. The normalized spacial score (nSPS) is 17.0. The summed E-state index contributed by atoms with van der Waals surface area (Å²) >= 11 is 1.56. The summed E-state index contributed by atoms with van der Waals surface area (Å²) in [5, 5.41) is 13.2. The molecule has 0 spiro atoms. The minimum absolute atomic E-state index is 0.434. The largest absolute Gasteiger partial charge is 0.481 e. The molecule has 1 unspecified atom stereocenters. The molecule has 0 aliphatic heterocycles. The van der Waals surface area contributed by atoms with Crippen molar-refractivity contribution in [1.29, 1.82) is 0 Å². The Hall–Kier alpha value is -1.88. The molecule has 1 aromatic heterocycles. The van der Waals surface area contributed by atoms with Crippen LogP contribution in [0.5, 0.6) is 0 Å². The summed E-state index contributed by atoms with van der Waals surface area (Å²) in [4.78, 5) is 16.7. The summed E-state index contributed by atoms with van der Waals surface area (Å²) in [7, 11) is 0. The van der Waals surface area contributed by atoms with E-state index in [1.54, 1.807) is 11.3 Å². The van der Waals surface area contributed by atoms with E-state index in [4.69, 9.17) is 0 Å². The second kappa shape index (κ2) is 4.90. The molecule has 5 heteroatoms. The Morgan fingerprint density at radius 3 is 2.70 bits per heavy atom. The number of thiazole rings is 1. The van der Waals surface area contributed by atoms with Crippen LogP contribution in [-0.4, -0.2) is 16.1 Å². The van der Waals surface area contributed by atoms with E-state index in [0.29, 0.717) is 6.42 Å². The van der Waals surface area contributed by atoms with Crippen LogP contribution >= 0.6 is 11.3 Å². The topological polar surface area (TPSA) is 62.2 Å². The van der Waals surface area contributed by atoms with Crippen LogP contribution in [0.25, 0.3) is 0 Å². The lowest BCUT2D eigenvalue weighted by Gasteiger charge is -2.06. The van der Waals surface area contributed by atoms with Crippen molar-refractivity contribution in [1.82, 2.24) is 4.98 Å². The maximum atomic E-state index is 11.2. The highest BCUT2D eigenvalue weighted by atomic mass is 32.1. The van der Waals surface area contributed by atoms with Gasteiger partial charge in [0.1, 0.15) is 5.92 Å². The molecule has 0 bridgehead atoms. The van der Waals surface area contributed by atoms with Gasteiger partial charge in [-0.2, -0.15) is 0 Å². The fraction of sp³-hybridized carbons (Fsp3) is 0.333. The smallest absolute Gasteiger partial charge is 0.312 e. The highest BCUT2D eigenvalue weighted by molar-refractivity contribution is 7.15. The van der Waals surface area contributed by atoms with Gasteiger partial charge in [-0.3, -0.25) is 4.79 Å². The predicted octanol–water partition coefficient (Wildman–Crippen LogP) is 3.62. The van der Waals surface area contributed by atoms with Gasteiger partial charge in [-0.25, -0.2) is 4.98 Å². The fourth-order valence-corrected chi connectivity index (χ4v) is 3.75. The van der Waals surface area contributed by atoms with Gasteiger partial charge in [0.25, 0.3) is 0 Å². The molecule has 0 saturated carbocycles. The number of aliphatic carboxylic acids is 1. The molecular weight excluding hydrogens is 272 g/mol. The summed E-state index contributed by atoms with van der Waals surface area (Å²) in [6.07, 6.45) is 1.49. The first-order valence-corrected chi connectivity index (χ1v) is 7.42. The van der Waals surface area contributed by atoms with Crippen LogP contribution in [0.1, 0.15) is 34.0 Å². The Morgan fingerprint density at radius 1 is 1.35 bits per heavy atom. The van der Waals surface area contributed by atoms with Gasteiger partial charge < -0.3 is 10.4 Å². The number of hydrogen-bond acceptors (Lipinski definition) is 4. The number of benzene rings is 1. The first-order chi connectivity index (χ1) is 9.52. The van der Waals surface area contributed by atoms with Gasteiger partial charge in [-0.15, -0.1) is 11.3 Å². The van der Waals surface area contributed by atoms with Crippen molar-refractivity contribution in [2.24, 2.45) is 0 Å². The highest BCUT2D eigenvalue weighted by Crippen LogP contribution is 2.39. The first kappa shape index (κ1) is 13.1. The maximum absolute atomic E-state index is 11.2. The fourth-order valence-electron chi connectivity index (χ4n) is 2.69. The average Bonchev–Trinajstić information content (AvgIpc) is 2.85. The molecule has 1 heterocycles. The molecular formula is C15H16N2O2S. The zero-order valence-corrected chi connectivity index (χ0v) is 12.3. The molecule has 1 aromatic carbocycles. The molecule has 104 valence electrons. The van der Waals surface area contributed by atoms with Crippen molar-refractivity contribution < 1.29 is 9.90 Å². The van der Waals surface area contributed by atoms with Gasteiger partial charge in [-0.05, 0) is 49.9 Å². The summed E-state index contributed by atoms with van der Waals surface area (Å²) in [6.45, 7) is 4.11. The summed E-state index contributed by atoms with van der Waals surface area (Å²) < 4.78 is 0. The van der Waals surface area contributed by atoms with Crippen LogP contribution in [0.2, 0.25) is 0 Å². The number of aryl methyl sites for hydroxylation is 3. The van der Waals surface area contributed by atoms with E-state index in [1.165, 1.54) is 11.1 Å². The van der Waals surface area contributed by atoms with Gasteiger partial charge in [-0.1, -0.05) is 6.07 Å². The molecule has 0 radical (unpaired) electrons. The van der Waals surface area contributed by atoms with E-state index < -0.39 is 11.9 Å². The Labute approximate surface area is 121 Å². The zero-order chi connectivity index (χ0) is 14.3. The second-order valence-electron chi connectivity index (χ2n) is 5.26. The molecule has 0 fully saturated rings. The van der Waals surface area contributed by atoms with E-state index >= 15 is 0 Å². The second-order valence-corrected chi connectivity index (χ2v) is 6.34. The third-order valence-corrected chi connectivity index (χ3v) is 4.54. The molecule has 0 amide bonds. The molecule has 1 aliphatic rings. The number of carboxylic acid groups (broad SMARTS) is 1. The average molecular weight is 288 g/mol.